The van der Waals surface area contributed by atoms with Crippen molar-refractivity contribution >= 4 is 0 Å². The van der Waals surface area contributed by atoms with E-state index in [4.69, 9.17) is 4.74 Å². The largest absolute Gasteiger partial charge is 0.382 e. The van der Waals surface area contributed by atoms with E-state index in [0.717, 1.165) is 6.42 Å². The van der Waals surface area contributed by atoms with Gasteiger partial charge >= 0.3 is 0 Å². The Morgan fingerprint density at radius 2 is 2.00 bits per heavy atom. The van der Waals surface area contributed by atoms with Gasteiger partial charge in [-0.2, -0.15) is 0 Å². The zero-order valence-corrected chi connectivity index (χ0v) is 7.89. The third kappa shape index (κ3) is 6.49. The molecule has 0 fully saturated rings. The van der Waals surface area contributed by atoms with E-state index in [1.807, 2.05) is 6.92 Å². The van der Waals surface area contributed by atoms with E-state index in [-0.39, 0.29) is 12.6 Å². The lowest BCUT2D eigenvalue weighted by Crippen LogP contribution is -2.27. The molecule has 0 radical (unpaired) electrons. The zero-order valence-electron chi connectivity index (χ0n) is 7.89. The van der Waals surface area contributed by atoms with Crippen LogP contribution in [0.1, 0.15) is 13.3 Å². The second kappa shape index (κ2) is 6.31. The minimum atomic E-state index is -2.24. The summed E-state index contributed by atoms with van der Waals surface area (Å²) in [4.78, 5) is 1.61. The number of hydrogen-bond acceptors (Lipinski definition) is 2. The van der Waals surface area contributed by atoms with Gasteiger partial charge in [0.15, 0.2) is 0 Å². The number of rotatable bonds is 6. The van der Waals surface area contributed by atoms with Gasteiger partial charge in [0.1, 0.15) is 0 Å². The Kier molecular flexibility index (Phi) is 6.20. The fourth-order valence-electron chi connectivity index (χ4n) is 0.847. The van der Waals surface area contributed by atoms with Gasteiger partial charge in [0.25, 0.3) is 6.43 Å². The van der Waals surface area contributed by atoms with E-state index in [9.17, 15) is 8.78 Å². The topological polar surface area (TPSA) is 12.5 Å². The normalized spacial score (nSPS) is 14.2. The summed E-state index contributed by atoms with van der Waals surface area (Å²) in [7, 11) is 3.31. The smallest absolute Gasteiger partial charge is 0.251 e. The summed E-state index contributed by atoms with van der Waals surface area (Å²) in [5.41, 5.74) is 0. The number of alkyl halides is 2. The molecule has 0 aromatic heterocycles. The van der Waals surface area contributed by atoms with Gasteiger partial charge in [-0.15, -0.1) is 0 Å². The van der Waals surface area contributed by atoms with E-state index < -0.39 is 6.43 Å². The highest BCUT2D eigenvalue weighted by molar-refractivity contribution is 4.56. The van der Waals surface area contributed by atoms with Crippen LogP contribution in [-0.4, -0.2) is 44.7 Å². The monoisotopic (exact) mass is 181 g/mol. The van der Waals surface area contributed by atoms with Crippen LogP contribution in [0.3, 0.4) is 0 Å². The second-order valence-corrected chi connectivity index (χ2v) is 2.99. The first-order valence-electron chi connectivity index (χ1n) is 4.05. The molecule has 1 unspecified atom stereocenters. The lowest BCUT2D eigenvalue weighted by atomic mass is 10.3. The lowest BCUT2D eigenvalue weighted by molar-refractivity contribution is 0.0755. The van der Waals surface area contributed by atoms with Gasteiger partial charge in [-0.05, 0) is 20.4 Å². The molecule has 74 valence electrons. The number of hydrogen-bond donors (Lipinski definition) is 0. The van der Waals surface area contributed by atoms with Crippen molar-refractivity contribution in [3.63, 3.8) is 0 Å². The van der Waals surface area contributed by atoms with Crippen molar-refractivity contribution in [1.29, 1.82) is 0 Å². The van der Waals surface area contributed by atoms with Gasteiger partial charge in [0.05, 0.1) is 12.6 Å². The lowest BCUT2D eigenvalue weighted by Gasteiger charge is -2.17. The Bertz CT molecular complexity index is 111. The molecule has 0 saturated carbocycles. The number of halogens is 2. The van der Waals surface area contributed by atoms with E-state index in [1.165, 1.54) is 0 Å². The maximum absolute atomic E-state index is 11.8. The van der Waals surface area contributed by atoms with Crippen molar-refractivity contribution in [2.75, 3.05) is 27.2 Å². The molecule has 0 N–H and O–H groups in total. The molecule has 0 amide bonds. The summed E-state index contributed by atoms with van der Waals surface area (Å²) < 4.78 is 28.6. The Morgan fingerprint density at radius 3 is 2.42 bits per heavy atom. The Morgan fingerprint density at radius 1 is 1.42 bits per heavy atom. The van der Waals surface area contributed by atoms with Gasteiger partial charge in [0.2, 0.25) is 0 Å². The number of methoxy groups -OCH3 is 1. The Hall–Kier alpha value is -0.220. The molecule has 0 aromatic carbocycles. The Labute approximate surface area is 72.5 Å². The molecule has 0 bridgehead atoms. The zero-order chi connectivity index (χ0) is 9.56. The molecule has 0 aliphatic rings. The third-order valence-corrected chi connectivity index (χ3v) is 1.77. The minimum absolute atomic E-state index is 0.144. The summed E-state index contributed by atoms with van der Waals surface area (Å²) in [6.45, 7) is 2.42. The van der Waals surface area contributed by atoms with Gasteiger partial charge in [-0.1, -0.05) is 0 Å². The SMILES string of the molecule is COC(C)CCN(C)CC(F)F. The van der Waals surface area contributed by atoms with Crippen LogP contribution >= 0.6 is 0 Å². The van der Waals surface area contributed by atoms with Gasteiger partial charge in [-0.25, -0.2) is 8.78 Å². The van der Waals surface area contributed by atoms with Crippen molar-refractivity contribution in [2.45, 2.75) is 25.9 Å². The molecule has 0 heterocycles. The summed E-state index contributed by atoms with van der Waals surface area (Å²) in [5, 5.41) is 0. The minimum Gasteiger partial charge on any atom is -0.382 e. The molecule has 12 heavy (non-hydrogen) atoms. The predicted molar refractivity (Wildman–Crippen MR) is 44.6 cm³/mol. The maximum Gasteiger partial charge on any atom is 0.251 e. The fourth-order valence-corrected chi connectivity index (χ4v) is 0.847. The average Bonchev–Trinajstić information content (AvgIpc) is 1.99. The first kappa shape index (κ1) is 11.8. The molecule has 0 rings (SSSR count). The van der Waals surface area contributed by atoms with Crippen LogP contribution in [0.5, 0.6) is 0 Å². The molecule has 0 saturated heterocycles. The number of ether oxygens (including phenoxy) is 1. The molecule has 0 aromatic rings. The molecule has 0 aliphatic heterocycles. The fraction of sp³-hybridized carbons (Fsp3) is 1.00. The van der Waals surface area contributed by atoms with Crippen molar-refractivity contribution in [3.05, 3.63) is 0 Å². The highest BCUT2D eigenvalue weighted by Crippen LogP contribution is 2.00. The summed E-state index contributed by atoms with van der Waals surface area (Å²) >= 11 is 0. The van der Waals surface area contributed by atoms with Crippen LogP contribution in [-0.2, 0) is 4.74 Å². The highest BCUT2D eigenvalue weighted by atomic mass is 19.3. The van der Waals surface area contributed by atoms with Gasteiger partial charge in [-0.3, -0.25) is 0 Å². The van der Waals surface area contributed by atoms with E-state index in [0.29, 0.717) is 6.54 Å². The molecule has 1 atom stereocenters. The maximum atomic E-state index is 11.8. The van der Waals surface area contributed by atoms with Gasteiger partial charge in [0, 0.05) is 13.7 Å². The summed E-state index contributed by atoms with van der Waals surface area (Å²) in [6, 6.07) is 0. The summed E-state index contributed by atoms with van der Waals surface area (Å²) in [5.74, 6) is 0. The Balaban J connectivity index is 3.36. The average molecular weight is 181 g/mol. The van der Waals surface area contributed by atoms with Crippen molar-refractivity contribution in [1.82, 2.24) is 4.90 Å². The number of nitrogens with zero attached hydrogens (tertiary/aromatic N) is 1. The predicted octanol–water partition coefficient (Wildman–Crippen LogP) is 1.61. The molecule has 0 spiro atoms. The van der Waals surface area contributed by atoms with Gasteiger partial charge < -0.3 is 9.64 Å². The van der Waals surface area contributed by atoms with Crippen molar-refractivity contribution in [2.24, 2.45) is 0 Å². The van der Waals surface area contributed by atoms with E-state index in [2.05, 4.69) is 0 Å². The summed E-state index contributed by atoms with van der Waals surface area (Å²) in [6.07, 6.45) is -1.31. The van der Waals surface area contributed by atoms with Crippen LogP contribution in [0.4, 0.5) is 8.78 Å². The first-order valence-corrected chi connectivity index (χ1v) is 4.05. The molecular formula is C8H17F2NO. The molecule has 0 aliphatic carbocycles. The van der Waals surface area contributed by atoms with E-state index >= 15 is 0 Å². The molecule has 4 heteroatoms. The highest BCUT2D eigenvalue weighted by Gasteiger charge is 2.08. The van der Waals surface area contributed by atoms with Crippen LogP contribution in [0.25, 0.3) is 0 Å². The third-order valence-electron chi connectivity index (χ3n) is 1.77. The standard InChI is InChI=1S/C8H17F2NO/c1-7(12-3)4-5-11(2)6-8(9)10/h7-8H,4-6H2,1-3H3. The second-order valence-electron chi connectivity index (χ2n) is 2.99. The first-order chi connectivity index (χ1) is 5.56. The van der Waals surface area contributed by atoms with Crippen LogP contribution < -0.4 is 0 Å². The quantitative estimate of drug-likeness (QED) is 0.617. The van der Waals surface area contributed by atoms with Crippen LogP contribution in [0.2, 0.25) is 0 Å². The molecule has 2 nitrogen and oxygen atoms in total. The van der Waals surface area contributed by atoms with Crippen LogP contribution in [0.15, 0.2) is 0 Å². The van der Waals surface area contributed by atoms with E-state index in [1.54, 1.807) is 19.1 Å². The van der Waals surface area contributed by atoms with Crippen molar-refractivity contribution in [3.8, 4) is 0 Å². The van der Waals surface area contributed by atoms with Crippen molar-refractivity contribution < 1.29 is 13.5 Å². The van der Waals surface area contributed by atoms with Crippen LogP contribution in [0, 0.1) is 0 Å². The molecular weight excluding hydrogens is 164 g/mol.